The molecule has 0 spiro atoms. The fourth-order valence-corrected chi connectivity index (χ4v) is 1.40. The van der Waals surface area contributed by atoms with Crippen molar-refractivity contribution in [1.29, 1.82) is 0 Å². The van der Waals surface area contributed by atoms with Gasteiger partial charge in [0.05, 0.1) is 13.2 Å². The third-order valence-corrected chi connectivity index (χ3v) is 2.19. The monoisotopic (exact) mass is 238 g/mol. The van der Waals surface area contributed by atoms with Gasteiger partial charge >= 0.3 is 0 Å². The minimum absolute atomic E-state index is 0.217. The highest BCUT2D eigenvalue weighted by Crippen LogP contribution is 2.21. The summed E-state index contributed by atoms with van der Waals surface area (Å²) in [7, 11) is 0. The highest BCUT2D eigenvalue weighted by Gasteiger charge is 2.08. The number of rotatable bonds is 8. The van der Waals surface area contributed by atoms with Crippen molar-refractivity contribution >= 4 is 5.82 Å². The Morgan fingerprint density at radius 3 is 2.94 bits per heavy atom. The van der Waals surface area contributed by atoms with Crippen LogP contribution in [0.1, 0.15) is 27.2 Å². The SMILES string of the molecule is CCCOc1cccnc1NC(C)COCC. The summed E-state index contributed by atoms with van der Waals surface area (Å²) >= 11 is 0. The second kappa shape index (κ2) is 7.90. The molecule has 0 fully saturated rings. The molecule has 4 heteroatoms. The normalized spacial score (nSPS) is 12.2. The molecule has 0 aliphatic rings. The predicted molar refractivity (Wildman–Crippen MR) is 69.6 cm³/mol. The van der Waals surface area contributed by atoms with Gasteiger partial charge in [0.15, 0.2) is 11.6 Å². The van der Waals surface area contributed by atoms with Crippen LogP contribution in [0.15, 0.2) is 18.3 Å². The molecular weight excluding hydrogens is 216 g/mol. The fraction of sp³-hybridized carbons (Fsp3) is 0.615. The number of hydrogen-bond acceptors (Lipinski definition) is 4. The standard InChI is InChI=1S/C13H22N2O2/c1-4-9-17-12-7-6-8-14-13(12)15-11(3)10-16-5-2/h6-8,11H,4-5,9-10H2,1-3H3,(H,14,15). The van der Waals surface area contributed by atoms with Crippen LogP contribution >= 0.6 is 0 Å². The largest absolute Gasteiger partial charge is 0.490 e. The zero-order chi connectivity index (χ0) is 12.5. The number of ether oxygens (including phenoxy) is 2. The molecule has 1 aromatic rings. The Hall–Kier alpha value is -1.29. The second-order valence-corrected chi connectivity index (χ2v) is 3.90. The molecule has 0 radical (unpaired) electrons. The Bertz CT molecular complexity index is 318. The van der Waals surface area contributed by atoms with Gasteiger partial charge in [-0.05, 0) is 32.4 Å². The maximum atomic E-state index is 5.63. The molecule has 1 atom stereocenters. The third-order valence-electron chi connectivity index (χ3n) is 2.19. The lowest BCUT2D eigenvalue weighted by Crippen LogP contribution is -2.22. The predicted octanol–water partition coefficient (Wildman–Crippen LogP) is 2.71. The van der Waals surface area contributed by atoms with Gasteiger partial charge in [0.2, 0.25) is 0 Å². The van der Waals surface area contributed by atoms with Crippen molar-refractivity contribution in [2.75, 3.05) is 25.1 Å². The number of anilines is 1. The van der Waals surface area contributed by atoms with Crippen LogP contribution < -0.4 is 10.1 Å². The molecular formula is C13H22N2O2. The first kappa shape index (κ1) is 13.8. The zero-order valence-corrected chi connectivity index (χ0v) is 10.9. The molecule has 96 valence electrons. The smallest absolute Gasteiger partial charge is 0.169 e. The van der Waals surface area contributed by atoms with Gasteiger partial charge in [0.25, 0.3) is 0 Å². The number of aromatic nitrogens is 1. The van der Waals surface area contributed by atoms with Crippen molar-refractivity contribution in [3.63, 3.8) is 0 Å². The Morgan fingerprint density at radius 2 is 2.24 bits per heavy atom. The topological polar surface area (TPSA) is 43.4 Å². The quantitative estimate of drug-likeness (QED) is 0.756. The van der Waals surface area contributed by atoms with Gasteiger partial charge < -0.3 is 14.8 Å². The summed E-state index contributed by atoms with van der Waals surface area (Å²) in [6.45, 7) is 8.24. The van der Waals surface area contributed by atoms with Gasteiger partial charge in [-0.15, -0.1) is 0 Å². The Morgan fingerprint density at radius 1 is 1.41 bits per heavy atom. The van der Waals surface area contributed by atoms with Gasteiger partial charge in [-0.25, -0.2) is 4.98 Å². The van der Waals surface area contributed by atoms with Crippen molar-refractivity contribution < 1.29 is 9.47 Å². The van der Waals surface area contributed by atoms with Crippen molar-refractivity contribution in [3.8, 4) is 5.75 Å². The first-order chi connectivity index (χ1) is 8.27. The van der Waals surface area contributed by atoms with E-state index in [1.165, 1.54) is 0 Å². The van der Waals surface area contributed by atoms with Crippen LogP contribution in [-0.4, -0.2) is 30.8 Å². The van der Waals surface area contributed by atoms with Crippen LogP contribution in [0.4, 0.5) is 5.82 Å². The summed E-state index contributed by atoms with van der Waals surface area (Å²) in [5, 5.41) is 3.29. The zero-order valence-electron chi connectivity index (χ0n) is 10.9. The van der Waals surface area contributed by atoms with Crippen LogP contribution in [0, 0.1) is 0 Å². The van der Waals surface area contributed by atoms with Crippen LogP contribution in [0.5, 0.6) is 5.75 Å². The van der Waals surface area contributed by atoms with E-state index in [-0.39, 0.29) is 6.04 Å². The highest BCUT2D eigenvalue weighted by atomic mass is 16.5. The molecule has 1 aromatic heterocycles. The van der Waals surface area contributed by atoms with E-state index in [9.17, 15) is 0 Å². The lowest BCUT2D eigenvalue weighted by molar-refractivity contribution is 0.141. The van der Waals surface area contributed by atoms with E-state index in [1.807, 2.05) is 19.1 Å². The second-order valence-electron chi connectivity index (χ2n) is 3.90. The molecule has 1 unspecified atom stereocenters. The average molecular weight is 238 g/mol. The van der Waals surface area contributed by atoms with Crippen LogP contribution in [0.2, 0.25) is 0 Å². The molecule has 1 rings (SSSR count). The van der Waals surface area contributed by atoms with Crippen LogP contribution in [-0.2, 0) is 4.74 Å². The van der Waals surface area contributed by atoms with Crippen molar-refractivity contribution in [2.24, 2.45) is 0 Å². The van der Waals surface area contributed by atoms with Crippen LogP contribution in [0.25, 0.3) is 0 Å². The maximum absolute atomic E-state index is 5.63. The Kier molecular flexibility index (Phi) is 6.40. The molecule has 0 bridgehead atoms. The van der Waals surface area contributed by atoms with Gasteiger partial charge in [0, 0.05) is 18.8 Å². The summed E-state index contributed by atoms with van der Waals surface area (Å²) in [6, 6.07) is 4.02. The lowest BCUT2D eigenvalue weighted by atomic mass is 10.3. The van der Waals surface area contributed by atoms with E-state index in [0.717, 1.165) is 24.6 Å². The minimum atomic E-state index is 0.217. The minimum Gasteiger partial charge on any atom is -0.490 e. The van der Waals surface area contributed by atoms with E-state index >= 15 is 0 Å². The molecule has 0 aliphatic heterocycles. The molecule has 0 saturated heterocycles. The van der Waals surface area contributed by atoms with E-state index in [1.54, 1.807) is 6.20 Å². The van der Waals surface area contributed by atoms with Crippen molar-refractivity contribution in [1.82, 2.24) is 4.98 Å². The Labute approximate surface area is 103 Å². The average Bonchev–Trinajstić information content (AvgIpc) is 2.35. The molecule has 0 aliphatic carbocycles. The summed E-state index contributed by atoms with van der Waals surface area (Å²) in [4.78, 5) is 4.29. The van der Waals surface area contributed by atoms with Crippen molar-refractivity contribution in [3.05, 3.63) is 18.3 Å². The third kappa shape index (κ3) is 5.04. The fourth-order valence-electron chi connectivity index (χ4n) is 1.40. The first-order valence-corrected chi connectivity index (χ1v) is 6.20. The van der Waals surface area contributed by atoms with E-state index in [4.69, 9.17) is 9.47 Å². The number of hydrogen-bond donors (Lipinski definition) is 1. The lowest BCUT2D eigenvalue weighted by Gasteiger charge is -2.16. The van der Waals surface area contributed by atoms with Gasteiger partial charge in [0.1, 0.15) is 0 Å². The van der Waals surface area contributed by atoms with Gasteiger partial charge in [-0.2, -0.15) is 0 Å². The molecule has 4 nitrogen and oxygen atoms in total. The highest BCUT2D eigenvalue weighted by molar-refractivity contribution is 5.50. The van der Waals surface area contributed by atoms with E-state index in [0.29, 0.717) is 13.2 Å². The summed E-state index contributed by atoms with van der Waals surface area (Å²) in [5.41, 5.74) is 0. The van der Waals surface area contributed by atoms with Crippen LogP contribution in [0.3, 0.4) is 0 Å². The molecule has 0 aromatic carbocycles. The molecule has 0 amide bonds. The molecule has 1 heterocycles. The maximum Gasteiger partial charge on any atom is 0.169 e. The van der Waals surface area contributed by atoms with E-state index < -0.39 is 0 Å². The van der Waals surface area contributed by atoms with Gasteiger partial charge in [-0.1, -0.05) is 6.92 Å². The molecule has 0 saturated carbocycles. The molecule has 17 heavy (non-hydrogen) atoms. The number of pyridine rings is 1. The van der Waals surface area contributed by atoms with E-state index in [2.05, 4.69) is 24.1 Å². The summed E-state index contributed by atoms with van der Waals surface area (Å²) in [5.74, 6) is 1.59. The first-order valence-electron chi connectivity index (χ1n) is 6.20. The molecule has 1 N–H and O–H groups in total. The summed E-state index contributed by atoms with van der Waals surface area (Å²) < 4.78 is 11.0. The number of nitrogens with one attached hydrogen (secondary N) is 1. The Balaban J connectivity index is 2.56. The van der Waals surface area contributed by atoms with Gasteiger partial charge in [-0.3, -0.25) is 0 Å². The summed E-state index contributed by atoms with van der Waals surface area (Å²) in [6.07, 6.45) is 2.75. The van der Waals surface area contributed by atoms with Crippen molar-refractivity contribution in [2.45, 2.75) is 33.2 Å². The number of nitrogens with zero attached hydrogens (tertiary/aromatic N) is 1.